The molecule has 1 heterocycles. The highest BCUT2D eigenvalue weighted by atomic mass is 32.2. The fourth-order valence-corrected chi connectivity index (χ4v) is 5.02. The second-order valence-electron chi connectivity index (χ2n) is 9.36. The van der Waals surface area contributed by atoms with Gasteiger partial charge in [0, 0.05) is 36.4 Å². The van der Waals surface area contributed by atoms with Crippen LogP contribution in [0, 0.1) is 0 Å². The molecular weight excluding hydrogens is 605 g/mol. The van der Waals surface area contributed by atoms with Crippen molar-refractivity contribution in [3.05, 3.63) is 90.0 Å². The summed E-state index contributed by atoms with van der Waals surface area (Å²) in [6.45, 7) is 4.72. The molecule has 0 radical (unpaired) electrons. The maximum Gasteiger partial charge on any atom is 0.490 e. The van der Waals surface area contributed by atoms with Crippen LogP contribution >= 0.6 is 0 Å². The maximum absolute atomic E-state index is 13.0. The molecule has 3 aromatic rings. The van der Waals surface area contributed by atoms with E-state index in [0.717, 1.165) is 39.3 Å². The summed E-state index contributed by atoms with van der Waals surface area (Å²) < 4.78 is 65.6. The summed E-state index contributed by atoms with van der Waals surface area (Å²) in [6.07, 6.45) is -4.26. The molecule has 4 N–H and O–H groups in total. The molecule has 1 aliphatic rings. The molecule has 0 saturated carbocycles. The molecule has 1 fully saturated rings. The summed E-state index contributed by atoms with van der Waals surface area (Å²) in [5.74, 6) is -3.04. The predicted molar refractivity (Wildman–Crippen MR) is 156 cm³/mol. The topological polar surface area (TPSA) is 154 Å². The SMILES string of the molecule is O=C(NCCCN1CCOCC1)Nc1ccc(S(=O)(=O)Nc2ccccc2C(=O)c2ccccc2)cc1.O=C(O)C(F)(F)F. The normalized spacial score (nSPS) is 13.6. The van der Waals surface area contributed by atoms with Crippen molar-refractivity contribution in [2.24, 2.45) is 0 Å². The van der Waals surface area contributed by atoms with Crippen LogP contribution in [0.4, 0.5) is 29.3 Å². The van der Waals surface area contributed by atoms with E-state index in [4.69, 9.17) is 14.6 Å². The zero-order valence-corrected chi connectivity index (χ0v) is 24.2. The van der Waals surface area contributed by atoms with Crippen molar-refractivity contribution >= 4 is 39.2 Å². The van der Waals surface area contributed by atoms with Gasteiger partial charge in [-0.3, -0.25) is 14.4 Å². The number of hydrogen-bond donors (Lipinski definition) is 4. The fraction of sp³-hybridized carbons (Fsp3) is 0.276. The molecule has 2 amide bonds. The molecule has 0 aromatic heterocycles. The first-order chi connectivity index (χ1) is 20.9. The quantitative estimate of drug-likeness (QED) is 0.191. The molecule has 236 valence electrons. The number of hydrogen-bond acceptors (Lipinski definition) is 7. The molecule has 3 aromatic carbocycles. The molecule has 11 nitrogen and oxygen atoms in total. The number of halogens is 3. The van der Waals surface area contributed by atoms with Crippen LogP contribution in [0.25, 0.3) is 0 Å². The first-order valence-electron chi connectivity index (χ1n) is 13.3. The number of carbonyl (C=O) groups is 3. The first kappa shape index (κ1) is 34.0. The van der Waals surface area contributed by atoms with E-state index in [-0.39, 0.29) is 28.0 Å². The molecule has 0 atom stereocenters. The van der Waals surface area contributed by atoms with Gasteiger partial charge in [-0.1, -0.05) is 42.5 Å². The first-order valence-corrected chi connectivity index (χ1v) is 14.8. The summed E-state index contributed by atoms with van der Waals surface area (Å²) >= 11 is 0. The van der Waals surface area contributed by atoms with Gasteiger partial charge in [0.05, 0.1) is 23.8 Å². The van der Waals surface area contributed by atoms with Crippen LogP contribution < -0.4 is 15.4 Å². The van der Waals surface area contributed by atoms with E-state index in [1.165, 1.54) is 24.3 Å². The minimum absolute atomic E-state index is 0.00549. The molecule has 1 saturated heterocycles. The van der Waals surface area contributed by atoms with E-state index in [9.17, 15) is 31.2 Å². The van der Waals surface area contributed by atoms with Crippen LogP contribution in [0.2, 0.25) is 0 Å². The number of urea groups is 1. The maximum atomic E-state index is 13.0. The van der Waals surface area contributed by atoms with Gasteiger partial charge in [0.25, 0.3) is 10.0 Å². The third kappa shape index (κ3) is 10.7. The van der Waals surface area contributed by atoms with Gasteiger partial charge >= 0.3 is 18.2 Å². The number of nitrogens with zero attached hydrogens (tertiary/aromatic N) is 1. The largest absolute Gasteiger partial charge is 0.490 e. The van der Waals surface area contributed by atoms with Gasteiger partial charge in [-0.25, -0.2) is 18.0 Å². The lowest BCUT2D eigenvalue weighted by Crippen LogP contribution is -2.38. The number of carboxylic acids is 1. The standard InChI is InChI=1S/C27H30N4O5S.C2HF3O2/c32-26(21-7-2-1-3-8-21)24-9-4-5-10-25(24)30-37(34,35)23-13-11-22(12-14-23)29-27(33)28-15-6-16-31-17-19-36-20-18-31;3-2(4,5)1(6)7/h1-5,7-14,30H,6,15-20H2,(H2,28,29,33);(H,6,7). The van der Waals surface area contributed by atoms with Crippen molar-refractivity contribution in [3.8, 4) is 0 Å². The Kier molecular flexibility index (Phi) is 12.3. The Morgan fingerprint density at radius 2 is 1.48 bits per heavy atom. The van der Waals surface area contributed by atoms with E-state index in [1.807, 2.05) is 0 Å². The Morgan fingerprint density at radius 3 is 2.09 bits per heavy atom. The molecular formula is C29H31F3N4O7S. The predicted octanol–water partition coefficient (Wildman–Crippen LogP) is 4.20. The molecule has 0 aliphatic carbocycles. The monoisotopic (exact) mass is 636 g/mol. The zero-order chi connectivity index (χ0) is 32.2. The Balaban J connectivity index is 0.000000676. The third-order valence-corrected chi connectivity index (χ3v) is 7.54. The molecule has 15 heteroatoms. The Morgan fingerprint density at radius 1 is 0.886 bits per heavy atom. The summed E-state index contributed by atoms with van der Waals surface area (Å²) in [7, 11) is -3.97. The lowest BCUT2D eigenvalue weighted by molar-refractivity contribution is -0.192. The Labute approximate surface area is 252 Å². The number of ketones is 1. The number of carbonyl (C=O) groups excluding carboxylic acids is 2. The Hall–Kier alpha value is -4.47. The van der Waals surface area contributed by atoms with E-state index < -0.39 is 22.2 Å². The second-order valence-corrected chi connectivity index (χ2v) is 11.0. The highest BCUT2D eigenvalue weighted by Gasteiger charge is 2.38. The number of ether oxygens (including phenoxy) is 1. The number of carboxylic acid groups (broad SMARTS) is 1. The van der Waals surface area contributed by atoms with E-state index in [0.29, 0.717) is 17.8 Å². The highest BCUT2D eigenvalue weighted by molar-refractivity contribution is 7.92. The lowest BCUT2D eigenvalue weighted by Gasteiger charge is -2.26. The lowest BCUT2D eigenvalue weighted by atomic mass is 10.0. The van der Waals surface area contributed by atoms with Crippen molar-refractivity contribution in [2.45, 2.75) is 17.5 Å². The molecule has 44 heavy (non-hydrogen) atoms. The van der Waals surface area contributed by atoms with Crippen LogP contribution in [-0.2, 0) is 19.6 Å². The number of benzene rings is 3. The summed E-state index contributed by atoms with van der Waals surface area (Å²) in [6, 6.07) is 20.6. The minimum atomic E-state index is -5.08. The zero-order valence-electron chi connectivity index (χ0n) is 23.3. The van der Waals surface area contributed by atoms with Gasteiger partial charge in [-0.05, 0) is 49.4 Å². The van der Waals surface area contributed by atoms with E-state index in [1.54, 1.807) is 54.6 Å². The number of aliphatic carboxylic acids is 1. The van der Waals surface area contributed by atoms with Crippen LogP contribution in [0.1, 0.15) is 22.3 Å². The Bertz CT molecular complexity index is 1510. The fourth-order valence-electron chi connectivity index (χ4n) is 3.94. The summed E-state index contributed by atoms with van der Waals surface area (Å²) in [4.78, 5) is 36.3. The van der Waals surface area contributed by atoms with Gasteiger partial charge in [-0.2, -0.15) is 13.2 Å². The number of alkyl halides is 3. The number of morpholine rings is 1. The van der Waals surface area contributed by atoms with Gasteiger partial charge < -0.3 is 20.5 Å². The minimum Gasteiger partial charge on any atom is -0.475 e. The number of sulfonamides is 1. The molecule has 4 rings (SSSR count). The van der Waals surface area contributed by atoms with Crippen molar-refractivity contribution < 1.29 is 45.8 Å². The third-order valence-electron chi connectivity index (χ3n) is 6.16. The van der Waals surface area contributed by atoms with Gasteiger partial charge in [0.2, 0.25) is 0 Å². The van der Waals surface area contributed by atoms with Crippen LogP contribution in [0.5, 0.6) is 0 Å². The van der Waals surface area contributed by atoms with Crippen molar-refractivity contribution in [3.63, 3.8) is 0 Å². The molecule has 0 spiro atoms. The smallest absolute Gasteiger partial charge is 0.475 e. The van der Waals surface area contributed by atoms with Gasteiger partial charge in [0.15, 0.2) is 5.78 Å². The van der Waals surface area contributed by atoms with Crippen molar-refractivity contribution in [1.29, 1.82) is 0 Å². The van der Waals surface area contributed by atoms with E-state index in [2.05, 4.69) is 20.3 Å². The molecule has 0 bridgehead atoms. The molecule has 1 aliphatic heterocycles. The van der Waals surface area contributed by atoms with Crippen LogP contribution in [-0.4, -0.2) is 81.8 Å². The van der Waals surface area contributed by atoms with Crippen LogP contribution in [0.3, 0.4) is 0 Å². The van der Waals surface area contributed by atoms with Gasteiger partial charge in [0.1, 0.15) is 0 Å². The number of para-hydroxylation sites is 1. The van der Waals surface area contributed by atoms with Crippen molar-refractivity contribution in [1.82, 2.24) is 10.2 Å². The molecule has 0 unspecified atom stereocenters. The van der Waals surface area contributed by atoms with Crippen molar-refractivity contribution in [2.75, 3.05) is 49.4 Å². The second kappa shape index (κ2) is 15.8. The number of rotatable bonds is 10. The summed E-state index contributed by atoms with van der Waals surface area (Å²) in [5.41, 5.74) is 1.36. The number of anilines is 2. The number of amides is 2. The average molecular weight is 637 g/mol. The van der Waals surface area contributed by atoms with E-state index >= 15 is 0 Å². The average Bonchev–Trinajstić information content (AvgIpc) is 3.00. The van der Waals surface area contributed by atoms with Crippen LogP contribution in [0.15, 0.2) is 83.8 Å². The number of nitrogens with one attached hydrogen (secondary N) is 3. The summed E-state index contributed by atoms with van der Waals surface area (Å²) in [5, 5.41) is 12.6. The highest BCUT2D eigenvalue weighted by Crippen LogP contribution is 2.23. The van der Waals surface area contributed by atoms with Gasteiger partial charge in [-0.15, -0.1) is 0 Å².